The molecule has 0 unspecified atom stereocenters. The summed E-state index contributed by atoms with van der Waals surface area (Å²) in [6.45, 7) is 3.71. The van der Waals surface area contributed by atoms with Crippen LogP contribution in [0.5, 0.6) is 0 Å². The van der Waals surface area contributed by atoms with E-state index in [1.54, 1.807) is 24.6 Å². The van der Waals surface area contributed by atoms with Crippen molar-refractivity contribution in [2.75, 3.05) is 0 Å². The summed E-state index contributed by atoms with van der Waals surface area (Å²) >= 11 is 12.9. The zero-order chi connectivity index (χ0) is 12.6. The smallest absolute Gasteiger partial charge is 0.186 e. The number of rotatable bonds is 3. The molecule has 17 heavy (non-hydrogen) atoms. The van der Waals surface area contributed by atoms with Crippen LogP contribution in [0.1, 0.15) is 22.0 Å². The molecule has 2 heterocycles. The summed E-state index contributed by atoms with van der Waals surface area (Å²) < 4.78 is 2.47. The van der Waals surface area contributed by atoms with Crippen LogP contribution in [0.4, 0.5) is 0 Å². The molecule has 0 bridgehead atoms. The number of carbonyl (C=O) groups is 1. The average Bonchev–Trinajstić information content (AvgIpc) is 2.70. The van der Waals surface area contributed by atoms with Crippen LogP contribution in [-0.4, -0.2) is 20.5 Å². The van der Waals surface area contributed by atoms with Gasteiger partial charge in [0.2, 0.25) is 0 Å². The number of hydrogen-bond donors (Lipinski definition) is 0. The highest BCUT2D eigenvalue weighted by Gasteiger charge is 2.16. The maximum absolute atomic E-state index is 12.0. The molecule has 7 heteroatoms. The van der Waals surface area contributed by atoms with Gasteiger partial charge in [0.25, 0.3) is 0 Å². The van der Waals surface area contributed by atoms with E-state index in [0.29, 0.717) is 25.9 Å². The number of Topliss-reactive ketones (excluding diaryl/α,β-unsaturated/α-hetero) is 1. The molecule has 0 atom stereocenters. The lowest BCUT2D eigenvalue weighted by Crippen LogP contribution is -2.12. The van der Waals surface area contributed by atoms with Gasteiger partial charge in [-0.25, -0.2) is 9.67 Å². The van der Waals surface area contributed by atoms with Crippen LogP contribution in [0, 0.1) is 13.8 Å². The molecular formula is C10H9Cl2N3OS. The fourth-order valence-corrected chi connectivity index (χ4v) is 2.96. The first-order valence-corrected chi connectivity index (χ1v) is 6.40. The molecule has 0 saturated carbocycles. The molecule has 0 aliphatic rings. The molecule has 0 N–H and O–H groups in total. The topological polar surface area (TPSA) is 47.8 Å². The Morgan fingerprint density at radius 1 is 1.47 bits per heavy atom. The second-order valence-electron chi connectivity index (χ2n) is 3.52. The molecule has 4 nitrogen and oxygen atoms in total. The monoisotopic (exact) mass is 289 g/mol. The fraction of sp³-hybridized carbons (Fsp3) is 0.300. The van der Waals surface area contributed by atoms with Crippen molar-refractivity contribution < 1.29 is 4.79 Å². The number of aromatic nitrogens is 3. The van der Waals surface area contributed by atoms with Gasteiger partial charge >= 0.3 is 0 Å². The number of thiophene rings is 1. The predicted octanol–water partition coefficient (Wildman–Crippen LogP) is 3.15. The minimum Gasteiger partial charge on any atom is -0.292 e. The molecule has 0 saturated heterocycles. The van der Waals surface area contributed by atoms with Crippen LogP contribution < -0.4 is 0 Å². The van der Waals surface area contributed by atoms with E-state index in [-0.39, 0.29) is 12.3 Å². The van der Waals surface area contributed by atoms with Crippen molar-refractivity contribution in [1.29, 1.82) is 0 Å². The van der Waals surface area contributed by atoms with Crippen molar-refractivity contribution in [3.8, 4) is 0 Å². The lowest BCUT2D eigenvalue weighted by Gasteiger charge is -2.01. The molecule has 0 aliphatic heterocycles. The second-order valence-corrected chi connectivity index (χ2v) is 5.81. The molecule has 2 rings (SSSR count). The lowest BCUT2D eigenvalue weighted by molar-refractivity contribution is 0.0967. The average molecular weight is 290 g/mol. The molecule has 0 fully saturated rings. The molecule has 2 aromatic heterocycles. The SMILES string of the molecule is Cc1nc(C)n(CC(=O)c2cc(Cl)sc2Cl)n1. The van der Waals surface area contributed by atoms with E-state index in [2.05, 4.69) is 10.1 Å². The molecule has 0 radical (unpaired) electrons. The standard InChI is InChI=1S/C10H9Cl2N3OS/c1-5-13-6(2)15(14-5)4-8(16)7-3-9(11)17-10(7)12/h3H,4H2,1-2H3. The van der Waals surface area contributed by atoms with E-state index in [1.165, 1.54) is 11.3 Å². The second kappa shape index (κ2) is 4.76. The van der Waals surface area contributed by atoms with E-state index >= 15 is 0 Å². The van der Waals surface area contributed by atoms with Crippen LogP contribution in [0.25, 0.3) is 0 Å². The van der Waals surface area contributed by atoms with Crippen LogP contribution >= 0.6 is 34.5 Å². The minimum atomic E-state index is -0.119. The highest BCUT2D eigenvalue weighted by atomic mass is 35.5. The summed E-state index contributed by atoms with van der Waals surface area (Å²) in [6.07, 6.45) is 0. The van der Waals surface area contributed by atoms with Crippen LogP contribution in [0.15, 0.2) is 6.07 Å². The van der Waals surface area contributed by atoms with E-state index < -0.39 is 0 Å². The first-order chi connectivity index (χ1) is 7.97. The number of ketones is 1. The summed E-state index contributed by atoms with van der Waals surface area (Å²) in [6, 6.07) is 1.58. The third kappa shape index (κ3) is 2.68. The Bertz CT molecular complexity index is 576. The van der Waals surface area contributed by atoms with Gasteiger partial charge in [0.1, 0.15) is 22.5 Å². The van der Waals surface area contributed by atoms with Gasteiger partial charge < -0.3 is 0 Å². The largest absolute Gasteiger partial charge is 0.292 e. The Morgan fingerprint density at radius 2 is 2.18 bits per heavy atom. The van der Waals surface area contributed by atoms with Crippen molar-refractivity contribution >= 4 is 40.3 Å². The van der Waals surface area contributed by atoms with E-state index in [9.17, 15) is 4.79 Å². The molecule has 0 amide bonds. The Hall–Kier alpha value is -0.910. The van der Waals surface area contributed by atoms with Crippen molar-refractivity contribution in [2.45, 2.75) is 20.4 Å². The number of halogens is 2. The van der Waals surface area contributed by atoms with Gasteiger partial charge in [-0.3, -0.25) is 4.79 Å². The zero-order valence-corrected chi connectivity index (χ0v) is 11.5. The minimum absolute atomic E-state index is 0.119. The third-order valence-corrected chi connectivity index (χ3v) is 3.70. The quantitative estimate of drug-likeness (QED) is 0.816. The van der Waals surface area contributed by atoms with E-state index in [1.807, 2.05) is 0 Å². The number of aryl methyl sites for hydroxylation is 2. The van der Waals surface area contributed by atoms with Gasteiger partial charge in [-0.05, 0) is 19.9 Å². The van der Waals surface area contributed by atoms with E-state index in [4.69, 9.17) is 23.2 Å². The Labute approximate surface area is 112 Å². The van der Waals surface area contributed by atoms with Gasteiger partial charge in [-0.2, -0.15) is 5.10 Å². The van der Waals surface area contributed by atoms with Crippen molar-refractivity contribution in [3.05, 3.63) is 32.0 Å². The van der Waals surface area contributed by atoms with Gasteiger partial charge in [-0.15, -0.1) is 11.3 Å². The fourth-order valence-electron chi connectivity index (χ4n) is 1.46. The maximum atomic E-state index is 12.0. The highest BCUT2D eigenvalue weighted by Crippen LogP contribution is 2.31. The van der Waals surface area contributed by atoms with E-state index in [0.717, 1.165) is 0 Å². The van der Waals surface area contributed by atoms with Gasteiger partial charge in [0.05, 0.1) is 9.90 Å². The normalized spacial score (nSPS) is 10.8. The Balaban J connectivity index is 2.22. The summed E-state index contributed by atoms with van der Waals surface area (Å²) in [7, 11) is 0. The molecule has 0 spiro atoms. The summed E-state index contributed by atoms with van der Waals surface area (Å²) in [5.74, 6) is 1.23. The van der Waals surface area contributed by atoms with Gasteiger partial charge in [0.15, 0.2) is 5.78 Å². The zero-order valence-electron chi connectivity index (χ0n) is 9.20. The highest BCUT2D eigenvalue weighted by molar-refractivity contribution is 7.20. The van der Waals surface area contributed by atoms with Crippen LogP contribution in [-0.2, 0) is 6.54 Å². The molecule has 0 aromatic carbocycles. The van der Waals surface area contributed by atoms with Crippen LogP contribution in [0.2, 0.25) is 8.67 Å². The molecular weight excluding hydrogens is 281 g/mol. The number of hydrogen-bond acceptors (Lipinski definition) is 4. The van der Waals surface area contributed by atoms with Gasteiger partial charge in [-0.1, -0.05) is 23.2 Å². The van der Waals surface area contributed by atoms with Gasteiger partial charge in [0, 0.05) is 0 Å². The summed E-state index contributed by atoms with van der Waals surface area (Å²) in [5.41, 5.74) is 0.439. The maximum Gasteiger partial charge on any atom is 0.186 e. The van der Waals surface area contributed by atoms with Crippen LogP contribution in [0.3, 0.4) is 0 Å². The third-order valence-electron chi connectivity index (χ3n) is 2.21. The Morgan fingerprint density at radius 3 is 2.65 bits per heavy atom. The van der Waals surface area contributed by atoms with Crippen molar-refractivity contribution in [1.82, 2.24) is 14.8 Å². The van der Waals surface area contributed by atoms with Crippen molar-refractivity contribution in [3.63, 3.8) is 0 Å². The van der Waals surface area contributed by atoms with Crippen molar-refractivity contribution in [2.24, 2.45) is 0 Å². The molecule has 2 aromatic rings. The number of nitrogens with zero attached hydrogens (tertiary/aromatic N) is 3. The summed E-state index contributed by atoms with van der Waals surface area (Å²) in [5, 5.41) is 4.12. The molecule has 0 aliphatic carbocycles. The first-order valence-electron chi connectivity index (χ1n) is 4.83. The first kappa shape index (κ1) is 12.5. The Kier molecular flexibility index (Phi) is 3.51. The lowest BCUT2D eigenvalue weighted by atomic mass is 10.2. The summed E-state index contributed by atoms with van der Waals surface area (Å²) in [4.78, 5) is 16.1. The predicted molar refractivity (Wildman–Crippen MR) is 68.2 cm³/mol. The number of carbonyl (C=O) groups excluding carboxylic acids is 1. The molecule has 90 valence electrons.